The van der Waals surface area contributed by atoms with Gasteiger partial charge in [-0.05, 0) is 54.6 Å². The Labute approximate surface area is 118 Å². The first kappa shape index (κ1) is 12.8. The van der Waals surface area contributed by atoms with E-state index in [4.69, 9.17) is 11.6 Å². The Kier molecular flexibility index (Phi) is 3.73. The summed E-state index contributed by atoms with van der Waals surface area (Å²) < 4.78 is 16.5. The fraction of sp³-hybridized carbons (Fsp3) is 0.250. The van der Waals surface area contributed by atoms with Crippen molar-refractivity contribution in [3.8, 4) is 0 Å². The molecule has 17 heavy (non-hydrogen) atoms. The Balaban J connectivity index is 2.37. The molecule has 0 unspecified atom stereocenters. The molecule has 0 amide bonds. The van der Waals surface area contributed by atoms with Gasteiger partial charge in [0, 0.05) is 16.3 Å². The average molecular weight is 365 g/mol. The number of hydrogen-bond donors (Lipinski definition) is 0. The van der Waals surface area contributed by atoms with Gasteiger partial charge in [-0.15, -0.1) is 0 Å². The second-order valence-electron chi connectivity index (χ2n) is 3.88. The largest absolute Gasteiger partial charge is 0.264 e. The van der Waals surface area contributed by atoms with Gasteiger partial charge in [-0.1, -0.05) is 11.6 Å². The predicted octanol–water partition coefficient (Wildman–Crippen LogP) is 3.95. The fourth-order valence-corrected chi connectivity index (χ4v) is 2.24. The molecular formula is C12H11ClFIN2. The van der Waals surface area contributed by atoms with E-state index in [0.29, 0.717) is 17.1 Å². The molecule has 1 aromatic carbocycles. The van der Waals surface area contributed by atoms with Crippen molar-refractivity contribution < 1.29 is 4.39 Å². The Bertz CT molecular complexity index is 566. The first-order valence-electron chi connectivity index (χ1n) is 5.12. The SMILES string of the molecule is Cc1nn(Cc2cc(Cl)ccc2F)c(C)c1I. The van der Waals surface area contributed by atoms with Crippen LogP contribution in [0, 0.1) is 23.2 Å². The summed E-state index contributed by atoms with van der Waals surface area (Å²) in [6.45, 7) is 4.33. The summed E-state index contributed by atoms with van der Waals surface area (Å²) in [6.07, 6.45) is 0. The molecule has 0 saturated carbocycles. The summed E-state index contributed by atoms with van der Waals surface area (Å²) in [5.74, 6) is -0.253. The highest BCUT2D eigenvalue weighted by Crippen LogP contribution is 2.19. The van der Waals surface area contributed by atoms with E-state index in [0.717, 1.165) is 15.0 Å². The Morgan fingerprint density at radius 2 is 2.12 bits per heavy atom. The summed E-state index contributed by atoms with van der Waals surface area (Å²) in [5.41, 5.74) is 2.56. The second kappa shape index (κ2) is 4.94. The van der Waals surface area contributed by atoms with Crippen molar-refractivity contribution in [1.29, 1.82) is 0 Å². The maximum atomic E-state index is 13.6. The molecule has 0 aliphatic heterocycles. The van der Waals surface area contributed by atoms with Crippen LogP contribution >= 0.6 is 34.2 Å². The lowest BCUT2D eigenvalue weighted by atomic mass is 10.2. The Hall–Kier alpha value is -0.620. The molecule has 0 spiro atoms. The third-order valence-corrected chi connectivity index (χ3v) is 4.42. The van der Waals surface area contributed by atoms with E-state index >= 15 is 0 Å². The van der Waals surface area contributed by atoms with Crippen molar-refractivity contribution in [2.75, 3.05) is 0 Å². The highest BCUT2D eigenvalue weighted by molar-refractivity contribution is 14.1. The second-order valence-corrected chi connectivity index (χ2v) is 5.39. The molecule has 1 heterocycles. The minimum atomic E-state index is -0.253. The van der Waals surface area contributed by atoms with Gasteiger partial charge in [-0.3, -0.25) is 4.68 Å². The highest BCUT2D eigenvalue weighted by atomic mass is 127. The third kappa shape index (κ3) is 2.63. The van der Waals surface area contributed by atoms with E-state index in [2.05, 4.69) is 27.7 Å². The number of benzene rings is 1. The summed E-state index contributed by atoms with van der Waals surface area (Å²) in [6, 6.07) is 4.57. The summed E-state index contributed by atoms with van der Waals surface area (Å²) in [4.78, 5) is 0. The zero-order chi connectivity index (χ0) is 12.6. The lowest BCUT2D eigenvalue weighted by molar-refractivity contribution is 0.578. The smallest absolute Gasteiger partial charge is 0.128 e. The lowest BCUT2D eigenvalue weighted by Crippen LogP contribution is -2.06. The van der Waals surface area contributed by atoms with Crippen LogP contribution in [0.4, 0.5) is 4.39 Å². The van der Waals surface area contributed by atoms with Gasteiger partial charge in [0.2, 0.25) is 0 Å². The molecule has 2 nitrogen and oxygen atoms in total. The molecule has 0 aliphatic carbocycles. The van der Waals surface area contributed by atoms with Crippen LogP contribution in [0.5, 0.6) is 0 Å². The zero-order valence-corrected chi connectivity index (χ0v) is 12.4. The van der Waals surface area contributed by atoms with E-state index in [-0.39, 0.29) is 5.82 Å². The van der Waals surface area contributed by atoms with Gasteiger partial charge in [-0.25, -0.2) is 4.39 Å². The van der Waals surface area contributed by atoms with Crippen LogP contribution in [0.15, 0.2) is 18.2 Å². The van der Waals surface area contributed by atoms with Gasteiger partial charge in [0.1, 0.15) is 5.82 Å². The normalized spacial score (nSPS) is 10.9. The molecule has 90 valence electrons. The van der Waals surface area contributed by atoms with Gasteiger partial charge in [0.05, 0.1) is 15.8 Å². The Morgan fingerprint density at radius 1 is 1.41 bits per heavy atom. The van der Waals surface area contributed by atoms with Crippen molar-refractivity contribution in [2.24, 2.45) is 0 Å². The zero-order valence-electron chi connectivity index (χ0n) is 9.47. The number of hydrogen-bond acceptors (Lipinski definition) is 1. The van der Waals surface area contributed by atoms with Crippen LogP contribution in [0.2, 0.25) is 5.02 Å². The van der Waals surface area contributed by atoms with Gasteiger partial charge >= 0.3 is 0 Å². The van der Waals surface area contributed by atoms with Crippen LogP contribution in [0.25, 0.3) is 0 Å². The molecule has 0 aliphatic rings. The molecule has 0 bridgehead atoms. The number of aromatic nitrogens is 2. The molecule has 1 aromatic heterocycles. The van der Waals surface area contributed by atoms with Crippen molar-refractivity contribution >= 4 is 34.2 Å². The van der Waals surface area contributed by atoms with E-state index in [1.54, 1.807) is 16.8 Å². The predicted molar refractivity (Wildman–Crippen MR) is 74.9 cm³/mol. The van der Waals surface area contributed by atoms with Crippen LogP contribution < -0.4 is 0 Å². The maximum absolute atomic E-state index is 13.6. The van der Waals surface area contributed by atoms with Crippen LogP contribution in [0.3, 0.4) is 0 Å². The third-order valence-electron chi connectivity index (χ3n) is 2.62. The standard InChI is InChI=1S/C12H11ClFIN2/c1-7-12(15)8(2)17(16-7)6-9-5-10(13)3-4-11(9)14/h3-5H,6H2,1-2H3. The monoisotopic (exact) mass is 364 g/mol. The van der Waals surface area contributed by atoms with Gasteiger partial charge in [-0.2, -0.15) is 5.10 Å². The number of nitrogens with zero attached hydrogens (tertiary/aromatic N) is 2. The topological polar surface area (TPSA) is 17.8 Å². The molecule has 0 radical (unpaired) electrons. The minimum absolute atomic E-state index is 0.253. The first-order valence-corrected chi connectivity index (χ1v) is 6.58. The minimum Gasteiger partial charge on any atom is -0.264 e. The highest BCUT2D eigenvalue weighted by Gasteiger charge is 2.11. The maximum Gasteiger partial charge on any atom is 0.128 e. The van der Waals surface area contributed by atoms with Crippen LogP contribution in [-0.4, -0.2) is 9.78 Å². The number of rotatable bonds is 2. The molecule has 0 fully saturated rings. The van der Waals surface area contributed by atoms with Gasteiger partial charge in [0.15, 0.2) is 0 Å². The Morgan fingerprint density at radius 3 is 2.71 bits per heavy atom. The summed E-state index contributed by atoms with van der Waals surface area (Å²) in [7, 11) is 0. The van der Waals surface area contributed by atoms with Gasteiger partial charge in [0.25, 0.3) is 0 Å². The molecular weight excluding hydrogens is 354 g/mol. The van der Waals surface area contributed by atoms with E-state index < -0.39 is 0 Å². The summed E-state index contributed by atoms with van der Waals surface area (Å²) >= 11 is 8.11. The van der Waals surface area contributed by atoms with Crippen LogP contribution in [-0.2, 0) is 6.54 Å². The summed E-state index contributed by atoms with van der Waals surface area (Å²) in [5, 5.41) is 4.91. The molecule has 0 saturated heterocycles. The average Bonchev–Trinajstić information content (AvgIpc) is 2.52. The van der Waals surface area contributed by atoms with Crippen LogP contribution in [0.1, 0.15) is 17.0 Å². The van der Waals surface area contributed by atoms with E-state index in [9.17, 15) is 4.39 Å². The van der Waals surface area contributed by atoms with Crippen molar-refractivity contribution in [2.45, 2.75) is 20.4 Å². The molecule has 5 heteroatoms. The van der Waals surface area contributed by atoms with Crippen molar-refractivity contribution in [1.82, 2.24) is 9.78 Å². The van der Waals surface area contributed by atoms with E-state index in [1.807, 2.05) is 13.8 Å². The quantitative estimate of drug-likeness (QED) is 0.738. The van der Waals surface area contributed by atoms with Crippen molar-refractivity contribution in [3.63, 3.8) is 0 Å². The van der Waals surface area contributed by atoms with Crippen molar-refractivity contribution in [3.05, 3.63) is 49.6 Å². The molecule has 0 atom stereocenters. The van der Waals surface area contributed by atoms with E-state index in [1.165, 1.54) is 6.07 Å². The lowest BCUT2D eigenvalue weighted by Gasteiger charge is -2.06. The molecule has 2 rings (SSSR count). The molecule has 2 aromatic rings. The number of halogens is 3. The molecule has 0 N–H and O–H groups in total. The first-order chi connectivity index (χ1) is 7.99. The van der Waals surface area contributed by atoms with Gasteiger partial charge < -0.3 is 0 Å². The number of aryl methyl sites for hydroxylation is 1. The fourth-order valence-electron chi connectivity index (χ4n) is 1.65.